The number of aliphatic hydroxyl groups is 1. The van der Waals surface area contributed by atoms with Gasteiger partial charge in [0, 0.05) is 19.7 Å². The number of benzene rings is 2. The first-order chi connectivity index (χ1) is 13.5. The van der Waals surface area contributed by atoms with Gasteiger partial charge in [-0.1, -0.05) is 42.5 Å². The molecule has 1 saturated heterocycles. The molecule has 1 fully saturated rings. The third kappa shape index (κ3) is 5.89. The maximum atomic E-state index is 11.1. The van der Waals surface area contributed by atoms with Crippen LogP contribution in [0.25, 0.3) is 11.1 Å². The normalized spacial score (nSPS) is 15.8. The molecule has 0 aliphatic carbocycles. The molecule has 0 unspecified atom stereocenters. The van der Waals surface area contributed by atoms with Gasteiger partial charge < -0.3 is 10.8 Å². The SMILES string of the molecule is CN(CC(N)=O)Cc1cccc(-c2ccc(CN3CCC(CO)CC3)cc2)c1. The lowest BCUT2D eigenvalue weighted by Crippen LogP contribution is -2.34. The van der Waals surface area contributed by atoms with Crippen molar-refractivity contribution in [3.8, 4) is 11.1 Å². The Bertz CT molecular complexity index is 768. The zero-order chi connectivity index (χ0) is 19.9. The van der Waals surface area contributed by atoms with Crippen LogP contribution >= 0.6 is 0 Å². The van der Waals surface area contributed by atoms with Crippen LogP contribution in [0.4, 0.5) is 0 Å². The summed E-state index contributed by atoms with van der Waals surface area (Å²) in [6.07, 6.45) is 2.18. The fraction of sp³-hybridized carbons (Fsp3) is 0.435. The number of carbonyl (C=O) groups is 1. The highest BCUT2D eigenvalue weighted by Crippen LogP contribution is 2.23. The molecule has 150 valence electrons. The monoisotopic (exact) mass is 381 g/mol. The Morgan fingerprint density at radius 1 is 1.11 bits per heavy atom. The van der Waals surface area contributed by atoms with E-state index in [0.717, 1.165) is 38.0 Å². The molecule has 0 radical (unpaired) electrons. The second-order valence-corrected chi connectivity index (χ2v) is 7.94. The van der Waals surface area contributed by atoms with Gasteiger partial charge in [0.25, 0.3) is 0 Å². The highest BCUT2D eigenvalue weighted by Gasteiger charge is 2.18. The van der Waals surface area contributed by atoms with Crippen LogP contribution in [0.1, 0.15) is 24.0 Å². The summed E-state index contributed by atoms with van der Waals surface area (Å²) in [5.41, 5.74) is 10.1. The second kappa shape index (κ2) is 9.82. The van der Waals surface area contributed by atoms with Crippen molar-refractivity contribution in [3.63, 3.8) is 0 Å². The summed E-state index contributed by atoms with van der Waals surface area (Å²) in [4.78, 5) is 15.5. The predicted octanol–water partition coefficient (Wildman–Crippen LogP) is 2.48. The molecule has 0 atom stereocenters. The maximum Gasteiger partial charge on any atom is 0.231 e. The van der Waals surface area contributed by atoms with Crippen molar-refractivity contribution < 1.29 is 9.90 Å². The molecule has 0 bridgehead atoms. The van der Waals surface area contributed by atoms with Gasteiger partial charge in [-0.05, 0) is 67.2 Å². The van der Waals surface area contributed by atoms with Crippen molar-refractivity contribution in [2.75, 3.05) is 33.3 Å². The molecule has 1 amide bonds. The Morgan fingerprint density at radius 3 is 2.46 bits per heavy atom. The third-order valence-corrected chi connectivity index (χ3v) is 5.46. The standard InChI is InChI=1S/C23H31N3O2/c1-25(16-23(24)28)14-20-3-2-4-22(13-20)21-7-5-18(6-8-21)15-26-11-9-19(17-27)10-12-26/h2-8,13,19,27H,9-12,14-17H2,1H3,(H2,24,28). The summed E-state index contributed by atoms with van der Waals surface area (Å²) < 4.78 is 0. The number of piperidine rings is 1. The van der Waals surface area contributed by atoms with E-state index in [2.05, 4.69) is 53.4 Å². The highest BCUT2D eigenvalue weighted by molar-refractivity contribution is 5.75. The van der Waals surface area contributed by atoms with Gasteiger partial charge in [-0.15, -0.1) is 0 Å². The number of aliphatic hydroxyl groups excluding tert-OH is 1. The molecule has 2 aromatic carbocycles. The lowest BCUT2D eigenvalue weighted by Gasteiger charge is -2.31. The average Bonchev–Trinajstić information content (AvgIpc) is 2.69. The molecule has 1 aliphatic rings. The quantitative estimate of drug-likeness (QED) is 0.737. The molecule has 1 heterocycles. The molecule has 28 heavy (non-hydrogen) atoms. The third-order valence-electron chi connectivity index (χ3n) is 5.46. The van der Waals surface area contributed by atoms with E-state index in [1.807, 2.05) is 11.9 Å². The molecule has 3 rings (SSSR count). The number of rotatable bonds is 8. The van der Waals surface area contributed by atoms with Crippen molar-refractivity contribution in [3.05, 3.63) is 59.7 Å². The van der Waals surface area contributed by atoms with Crippen LogP contribution in [0.3, 0.4) is 0 Å². The summed E-state index contributed by atoms with van der Waals surface area (Å²) in [5.74, 6) is 0.169. The van der Waals surface area contributed by atoms with E-state index in [-0.39, 0.29) is 12.5 Å². The molecule has 1 aliphatic heterocycles. The van der Waals surface area contributed by atoms with E-state index in [0.29, 0.717) is 19.1 Å². The van der Waals surface area contributed by atoms with Crippen LogP contribution in [0, 0.1) is 5.92 Å². The van der Waals surface area contributed by atoms with Gasteiger partial charge in [-0.2, -0.15) is 0 Å². The Morgan fingerprint density at radius 2 is 1.82 bits per heavy atom. The Hall–Kier alpha value is -2.21. The molecule has 0 aromatic heterocycles. The van der Waals surface area contributed by atoms with Gasteiger partial charge in [-0.25, -0.2) is 0 Å². The van der Waals surface area contributed by atoms with E-state index in [4.69, 9.17) is 5.73 Å². The van der Waals surface area contributed by atoms with E-state index in [1.165, 1.54) is 16.7 Å². The van der Waals surface area contributed by atoms with Gasteiger partial charge in [-0.3, -0.25) is 14.6 Å². The summed E-state index contributed by atoms with van der Waals surface area (Å²) in [6.45, 7) is 4.37. The van der Waals surface area contributed by atoms with Gasteiger partial charge >= 0.3 is 0 Å². The lowest BCUT2D eigenvalue weighted by molar-refractivity contribution is -0.118. The molecule has 0 saturated carbocycles. The molecule has 0 spiro atoms. The van der Waals surface area contributed by atoms with Crippen molar-refractivity contribution >= 4 is 5.91 Å². The average molecular weight is 382 g/mol. The Balaban J connectivity index is 1.60. The number of hydrogen-bond donors (Lipinski definition) is 2. The number of carbonyl (C=O) groups excluding carboxylic acids is 1. The minimum absolute atomic E-state index is 0.258. The van der Waals surface area contributed by atoms with Crippen molar-refractivity contribution in [1.82, 2.24) is 9.80 Å². The number of hydrogen-bond acceptors (Lipinski definition) is 4. The number of nitrogens with zero attached hydrogens (tertiary/aromatic N) is 2. The highest BCUT2D eigenvalue weighted by atomic mass is 16.3. The Kier molecular flexibility index (Phi) is 7.20. The Labute approximate surface area is 167 Å². The number of likely N-dealkylation sites (N-methyl/N-ethyl adjacent to an activating group) is 1. The maximum absolute atomic E-state index is 11.1. The molecule has 5 heteroatoms. The van der Waals surface area contributed by atoms with Gasteiger partial charge in [0.2, 0.25) is 5.91 Å². The van der Waals surface area contributed by atoms with Crippen molar-refractivity contribution in [2.24, 2.45) is 11.7 Å². The summed E-state index contributed by atoms with van der Waals surface area (Å²) in [6, 6.07) is 17.2. The van der Waals surface area contributed by atoms with Crippen LogP contribution < -0.4 is 5.73 Å². The van der Waals surface area contributed by atoms with Gasteiger partial charge in [0.15, 0.2) is 0 Å². The smallest absolute Gasteiger partial charge is 0.231 e. The van der Waals surface area contributed by atoms with Crippen LogP contribution in [-0.2, 0) is 17.9 Å². The first kappa shape index (κ1) is 20.5. The first-order valence-corrected chi connectivity index (χ1v) is 10.0. The lowest BCUT2D eigenvalue weighted by atomic mass is 9.97. The van der Waals surface area contributed by atoms with Gasteiger partial charge in [0.05, 0.1) is 6.54 Å². The van der Waals surface area contributed by atoms with Crippen LogP contribution in [-0.4, -0.2) is 54.1 Å². The molecular weight excluding hydrogens is 350 g/mol. The number of amides is 1. The second-order valence-electron chi connectivity index (χ2n) is 7.94. The van der Waals surface area contributed by atoms with Crippen LogP contribution in [0.5, 0.6) is 0 Å². The minimum atomic E-state index is -0.310. The fourth-order valence-electron chi connectivity index (χ4n) is 3.87. The summed E-state index contributed by atoms with van der Waals surface area (Å²) in [5, 5.41) is 9.27. The molecule has 2 aromatic rings. The number of primary amides is 1. The number of likely N-dealkylation sites (tertiary alicyclic amines) is 1. The van der Waals surface area contributed by atoms with Crippen LogP contribution in [0.2, 0.25) is 0 Å². The fourth-order valence-corrected chi connectivity index (χ4v) is 3.87. The van der Waals surface area contributed by atoms with Crippen LogP contribution in [0.15, 0.2) is 48.5 Å². The van der Waals surface area contributed by atoms with Gasteiger partial charge in [0.1, 0.15) is 0 Å². The summed E-state index contributed by atoms with van der Waals surface area (Å²) >= 11 is 0. The van der Waals surface area contributed by atoms with E-state index in [1.54, 1.807) is 0 Å². The summed E-state index contributed by atoms with van der Waals surface area (Å²) in [7, 11) is 1.90. The van der Waals surface area contributed by atoms with Crippen molar-refractivity contribution in [2.45, 2.75) is 25.9 Å². The molecular formula is C23H31N3O2. The zero-order valence-electron chi connectivity index (χ0n) is 16.7. The number of nitrogens with two attached hydrogens (primary N) is 1. The minimum Gasteiger partial charge on any atom is -0.396 e. The van der Waals surface area contributed by atoms with Crippen molar-refractivity contribution in [1.29, 1.82) is 0 Å². The zero-order valence-corrected chi connectivity index (χ0v) is 16.7. The van der Waals surface area contributed by atoms with E-state index >= 15 is 0 Å². The van der Waals surface area contributed by atoms with E-state index in [9.17, 15) is 9.90 Å². The topological polar surface area (TPSA) is 69.8 Å². The first-order valence-electron chi connectivity index (χ1n) is 10.0. The largest absolute Gasteiger partial charge is 0.396 e. The molecule has 3 N–H and O–H groups in total. The predicted molar refractivity (Wildman–Crippen MR) is 112 cm³/mol. The van der Waals surface area contributed by atoms with E-state index < -0.39 is 0 Å². The molecule has 5 nitrogen and oxygen atoms in total.